The second kappa shape index (κ2) is 8.72. The Hall–Kier alpha value is -0.206. The molecule has 4 aliphatic rings. The lowest BCUT2D eigenvalue weighted by Crippen LogP contribution is -2.56. The van der Waals surface area contributed by atoms with Crippen molar-refractivity contribution in [2.75, 3.05) is 6.61 Å². The molecule has 0 aromatic rings. The molecule has 5 heteroatoms. The van der Waals surface area contributed by atoms with Crippen LogP contribution in [0.3, 0.4) is 0 Å². The molecule has 0 saturated heterocycles. The first-order valence-corrected chi connectivity index (χ1v) is 20.4. The van der Waals surface area contributed by atoms with E-state index in [2.05, 4.69) is 72.2 Å². The number of fused-ring (bicyclic) bond motifs is 5. The molecule has 0 heterocycles. The van der Waals surface area contributed by atoms with E-state index in [1.165, 1.54) is 25.7 Å². The van der Waals surface area contributed by atoms with E-state index in [9.17, 15) is 5.11 Å². The van der Waals surface area contributed by atoms with Crippen LogP contribution >= 0.6 is 0 Å². The van der Waals surface area contributed by atoms with Crippen molar-refractivity contribution in [3.8, 4) is 0 Å². The number of allylic oxidation sites excluding steroid dienone is 3. The first-order chi connectivity index (χ1) is 15.2. The van der Waals surface area contributed by atoms with Crippen LogP contribution in [0.15, 0.2) is 23.3 Å². The lowest BCUT2D eigenvalue weighted by atomic mass is 9.49. The summed E-state index contributed by atoms with van der Waals surface area (Å²) in [6, 6.07) is 0. The van der Waals surface area contributed by atoms with Gasteiger partial charge in [0.05, 0.1) is 12.2 Å². The van der Waals surface area contributed by atoms with Crippen LogP contribution in [0.25, 0.3) is 0 Å². The molecule has 4 rings (SSSR count). The zero-order valence-corrected chi connectivity index (χ0v) is 24.8. The van der Waals surface area contributed by atoms with Crippen LogP contribution < -0.4 is 0 Å². The van der Waals surface area contributed by atoms with Gasteiger partial charge in [-0.3, -0.25) is 0 Å². The number of aliphatic hydroxyl groups excluding tert-OH is 1. The highest BCUT2D eigenvalue weighted by Gasteiger charge is 2.59. The average Bonchev–Trinajstić information content (AvgIpc) is 3.03. The minimum Gasteiger partial charge on any atom is -0.414 e. The Kier molecular flexibility index (Phi) is 6.84. The maximum atomic E-state index is 9.93. The van der Waals surface area contributed by atoms with Gasteiger partial charge in [0.25, 0.3) is 0 Å². The summed E-state index contributed by atoms with van der Waals surface area (Å²) in [6.45, 7) is 21.6. The molecule has 0 aromatic heterocycles. The monoisotopic (exact) mass is 490 g/mol. The molecule has 3 nitrogen and oxygen atoms in total. The number of hydrogen-bond donors (Lipinski definition) is 1. The standard InChI is InChI=1S/C28H50O3Si2/c1-19(18-29)23-12-13-24-22-11-10-20-16-21(30-32(4,5)6)17-26(31-33(7,8)9)28(20,3)25(22)14-15-27(23,24)2/h10-11,19,21,23-26,29H,12-18H2,1-9H3/t19?,21-,23-,24+,25+,26+,27-,28+/m1/s1. The van der Waals surface area contributed by atoms with Gasteiger partial charge in [-0.2, -0.15) is 0 Å². The molecule has 188 valence electrons. The van der Waals surface area contributed by atoms with Crippen molar-refractivity contribution < 1.29 is 14.0 Å². The van der Waals surface area contributed by atoms with Gasteiger partial charge in [0.1, 0.15) is 0 Å². The number of rotatable bonds is 6. The molecule has 0 radical (unpaired) electrons. The first kappa shape index (κ1) is 25.9. The van der Waals surface area contributed by atoms with E-state index in [-0.39, 0.29) is 11.5 Å². The molecule has 0 aliphatic heterocycles. The average molecular weight is 491 g/mol. The minimum atomic E-state index is -1.70. The normalized spacial score (nSPS) is 42.1. The molecule has 33 heavy (non-hydrogen) atoms. The highest BCUT2D eigenvalue weighted by molar-refractivity contribution is 6.70. The molecule has 1 unspecified atom stereocenters. The Morgan fingerprint density at radius 1 is 0.970 bits per heavy atom. The zero-order chi connectivity index (χ0) is 24.4. The first-order valence-electron chi connectivity index (χ1n) is 13.6. The summed E-state index contributed by atoms with van der Waals surface area (Å²) in [6.07, 6.45) is 12.8. The SMILES string of the molecule is CC(CO)[C@H]1CC[C@H]2C3=CC=C4C[C@@H](O[Si](C)(C)C)C[C@H](O[Si](C)(C)C)[C@]4(C)[C@H]3CC[C@]12C. The topological polar surface area (TPSA) is 38.7 Å². The number of aliphatic hydroxyl groups is 1. The van der Waals surface area contributed by atoms with Crippen molar-refractivity contribution in [2.24, 2.45) is 34.5 Å². The van der Waals surface area contributed by atoms with Crippen molar-refractivity contribution in [3.63, 3.8) is 0 Å². The lowest BCUT2D eigenvalue weighted by molar-refractivity contribution is -0.0427. The summed E-state index contributed by atoms with van der Waals surface area (Å²) >= 11 is 0. The van der Waals surface area contributed by atoms with Crippen molar-refractivity contribution >= 4 is 16.6 Å². The summed E-state index contributed by atoms with van der Waals surface area (Å²) in [5, 5.41) is 9.93. The number of hydrogen-bond acceptors (Lipinski definition) is 3. The van der Waals surface area contributed by atoms with Gasteiger partial charge >= 0.3 is 0 Å². The van der Waals surface area contributed by atoms with Crippen LogP contribution in [0.5, 0.6) is 0 Å². The fourth-order valence-electron chi connectivity index (χ4n) is 8.29. The summed E-state index contributed by atoms with van der Waals surface area (Å²) in [5.41, 5.74) is 3.71. The largest absolute Gasteiger partial charge is 0.414 e. The Labute approximate surface area is 205 Å². The summed E-state index contributed by atoms with van der Waals surface area (Å²) in [7, 11) is -3.31. The Bertz CT molecular complexity index is 807. The van der Waals surface area contributed by atoms with E-state index in [1.807, 2.05) is 0 Å². The van der Waals surface area contributed by atoms with Gasteiger partial charge in [0, 0.05) is 12.0 Å². The van der Waals surface area contributed by atoms with E-state index in [1.54, 1.807) is 11.1 Å². The molecular weight excluding hydrogens is 440 g/mol. The van der Waals surface area contributed by atoms with E-state index in [4.69, 9.17) is 8.85 Å². The lowest BCUT2D eigenvalue weighted by Gasteiger charge is -2.58. The minimum absolute atomic E-state index is 0.0890. The quantitative estimate of drug-likeness (QED) is 0.401. The summed E-state index contributed by atoms with van der Waals surface area (Å²) < 4.78 is 13.7. The van der Waals surface area contributed by atoms with Crippen molar-refractivity contribution in [1.82, 2.24) is 0 Å². The summed E-state index contributed by atoms with van der Waals surface area (Å²) in [5.74, 6) is 2.29. The van der Waals surface area contributed by atoms with Crippen LogP contribution in [-0.4, -0.2) is 40.6 Å². The highest BCUT2D eigenvalue weighted by atomic mass is 28.4. The van der Waals surface area contributed by atoms with E-state index >= 15 is 0 Å². The van der Waals surface area contributed by atoms with Gasteiger partial charge in [-0.05, 0) is 107 Å². The molecule has 3 fully saturated rings. The predicted molar refractivity (Wildman–Crippen MR) is 143 cm³/mol. The van der Waals surface area contributed by atoms with Crippen molar-refractivity contribution in [2.45, 2.75) is 111 Å². The van der Waals surface area contributed by atoms with Crippen molar-refractivity contribution in [3.05, 3.63) is 23.3 Å². The van der Waals surface area contributed by atoms with Gasteiger partial charge in [0.15, 0.2) is 16.6 Å². The van der Waals surface area contributed by atoms with E-state index in [0.29, 0.717) is 41.8 Å². The zero-order valence-electron chi connectivity index (χ0n) is 22.8. The third-order valence-corrected chi connectivity index (χ3v) is 11.7. The van der Waals surface area contributed by atoms with Crippen molar-refractivity contribution in [1.29, 1.82) is 0 Å². The molecule has 1 N–H and O–H groups in total. The van der Waals surface area contributed by atoms with E-state index < -0.39 is 16.6 Å². The van der Waals surface area contributed by atoms with Gasteiger partial charge < -0.3 is 14.0 Å². The van der Waals surface area contributed by atoms with Crippen LogP contribution in [0.2, 0.25) is 39.3 Å². The van der Waals surface area contributed by atoms with Gasteiger partial charge in [-0.1, -0.05) is 44.1 Å². The second-order valence-electron chi connectivity index (χ2n) is 14.1. The van der Waals surface area contributed by atoms with Gasteiger partial charge in [-0.15, -0.1) is 0 Å². The molecule has 4 aliphatic carbocycles. The third kappa shape index (κ3) is 4.66. The smallest absolute Gasteiger partial charge is 0.184 e. The maximum Gasteiger partial charge on any atom is 0.184 e. The second-order valence-corrected chi connectivity index (χ2v) is 23.1. The van der Waals surface area contributed by atoms with Crippen LogP contribution in [0.4, 0.5) is 0 Å². The van der Waals surface area contributed by atoms with Gasteiger partial charge in [0.2, 0.25) is 0 Å². The molecule has 0 aromatic carbocycles. The molecule has 0 bridgehead atoms. The predicted octanol–water partition coefficient (Wildman–Crippen LogP) is 7.16. The van der Waals surface area contributed by atoms with Gasteiger partial charge in [-0.25, -0.2) is 0 Å². The summed E-state index contributed by atoms with van der Waals surface area (Å²) in [4.78, 5) is 0. The Morgan fingerprint density at radius 2 is 1.64 bits per heavy atom. The maximum absolute atomic E-state index is 9.93. The van der Waals surface area contributed by atoms with Crippen LogP contribution in [-0.2, 0) is 8.85 Å². The fourth-order valence-corrected chi connectivity index (χ4v) is 10.7. The Balaban J connectivity index is 1.70. The fraction of sp³-hybridized carbons (Fsp3) is 0.857. The van der Waals surface area contributed by atoms with E-state index in [0.717, 1.165) is 12.8 Å². The van der Waals surface area contributed by atoms with Crippen LogP contribution in [0, 0.1) is 34.5 Å². The molecule has 0 spiro atoms. The highest BCUT2D eigenvalue weighted by Crippen LogP contribution is 2.66. The third-order valence-electron chi connectivity index (χ3n) is 9.66. The Morgan fingerprint density at radius 3 is 2.24 bits per heavy atom. The molecule has 0 amide bonds. The molecular formula is C28H50O3Si2. The molecule has 8 atom stereocenters. The van der Waals surface area contributed by atoms with Crippen LogP contribution in [0.1, 0.15) is 59.3 Å². The molecule has 3 saturated carbocycles.